The van der Waals surface area contributed by atoms with Crippen LogP contribution in [0.4, 0.5) is 0 Å². The van der Waals surface area contributed by atoms with Gasteiger partial charge in [0.2, 0.25) is 5.91 Å². The topological polar surface area (TPSA) is 91.6 Å². The van der Waals surface area contributed by atoms with E-state index in [0.29, 0.717) is 37.4 Å². The van der Waals surface area contributed by atoms with Gasteiger partial charge in [-0.25, -0.2) is 0 Å². The first kappa shape index (κ1) is 22.1. The molecule has 0 aliphatic carbocycles. The van der Waals surface area contributed by atoms with E-state index in [1.807, 2.05) is 36.6 Å². The van der Waals surface area contributed by atoms with Gasteiger partial charge < -0.3 is 19.9 Å². The number of nitrogens with zero attached hydrogens (tertiary/aromatic N) is 2. The number of aromatic nitrogens is 1. The van der Waals surface area contributed by atoms with Crippen molar-refractivity contribution in [2.75, 3.05) is 25.1 Å². The second kappa shape index (κ2) is 9.95. The number of benzene rings is 1. The number of carbonyl (C=O) groups is 2. The molecule has 2 aromatic rings. The number of aliphatic hydroxyl groups is 1. The zero-order valence-corrected chi connectivity index (χ0v) is 18.1. The van der Waals surface area contributed by atoms with E-state index in [9.17, 15) is 19.5 Å². The van der Waals surface area contributed by atoms with Crippen molar-refractivity contribution in [1.82, 2.24) is 14.8 Å². The fraction of sp³-hybridized carbons (Fsp3) is 0.409. The molecular weight excluding hydrogens is 402 g/mol. The summed E-state index contributed by atoms with van der Waals surface area (Å²) in [4.78, 5) is 40.2. The van der Waals surface area contributed by atoms with Crippen molar-refractivity contribution in [3.63, 3.8) is 0 Å². The zero-order valence-electron chi connectivity index (χ0n) is 17.3. The second-order valence-corrected chi connectivity index (χ2v) is 8.35. The van der Waals surface area contributed by atoms with Crippen molar-refractivity contribution in [1.29, 1.82) is 0 Å². The standard InChI is InChI=1S/C22H27N3O4S/c1-15(26)10-23-21(28)20-18-8-9-24(19(27)14-30-2)12-17(18)13-25(22(20)29)11-16-6-4-3-5-7-16/h3-7,13,15,26H,8-12,14H2,1-2H3,(H,23,28). The maximum absolute atomic E-state index is 13.2. The van der Waals surface area contributed by atoms with Crippen LogP contribution < -0.4 is 10.9 Å². The van der Waals surface area contributed by atoms with Gasteiger partial charge in [0.25, 0.3) is 11.5 Å². The number of hydrogen-bond acceptors (Lipinski definition) is 5. The van der Waals surface area contributed by atoms with Gasteiger partial charge >= 0.3 is 0 Å². The molecule has 0 fully saturated rings. The summed E-state index contributed by atoms with van der Waals surface area (Å²) in [6.45, 7) is 2.83. The Morgan fingerprint density at radius 1 is 1.27 bits per heavy atom. The minimum atomic E-state index is -0.709. The molecule has 7 nitrogen and oxygen atoms in total. The van der Waals surface area contributed by atoms with Crippen LogP contribution in [-0.2, 0) is 24.3 Å². The lowest BCUT2D eigenvalue weighted by Crippen LogP contribution is -2.42. The van der Waals surface area contributed by atoms with Crippen LogP contribution >= 0.6 is 11.8 Å². The zero-order chi connectivity index (χ0) is 21.7. The molecule has 30 heavy (non-hydrogen) atoms. The molecule has 1 aromatic heterocycles. The molecule has 0 radical (unpaired) electrons. The summed E-state index contributed by atoms with van der Waals surface area (Å²) in [6.07, 6.45) is 3.40. The molecule has 160 valence electrons. The number of rotatable bonds is 7. The van der Waals surface area contributed by atoms with Gasteiger partial charge in [0.15, 0.2) is 0 Å². The first-order chi connectivity index (χ1) is 14.4. The van der Waals surface area contributed by atoms with Crippen molar-refractivity contribution in [3.8, 4) is 0 Å². The van der Waals surface area contributed by atoms with Crippen molar-refractivity contribution < 1.29 is 14.7 Å². The van der Waals surface area contributed by atoms with Crippen molar-refractivity contribution in [3.05, 3.63) is 69.1 Å². The molecule has 0 spiro atoms. The number of aliphatic hydroxyl groups excluding tert-OH is 1. The molecule has 2 heterocycles. The Balaban J connectivity index is 2.01. The average molecular weight is 430 g/mol. The average Bonchev–Trinajstić information content (AvgIpc) is 2.73. The Labute approximate surface area is 180 Å². The Bertz CT molecular complexity index is 972. The molecular formula is C22H27N3O4S. The molecule has 8 heteroatoms. The van der Waals surface area contributed by atoms with Crippen LogP contribution in [0.15, 0.2) is 41.3 Å². The lowest BCUT2D eigenvalue weighted by atomic mass is 9.95. The summed E-state index contributed by atoms with van der Waals surface area (Å²) in [5.41, 5.74) is 2.21. The third-order valence-corrected chi connectivity index (χ3v) is 5.61. The molecule has 1 unspecified atom stereocenters. The lowest BCUT2D eigenvalue weighted by molar-refractivity contribution is -0.129. The predicted octanol–water partition coefficient (Wildman–Crippen LogP) is 1.25. The molecule has 1 aliphatic heterocycles. The molecule has 1 atom stereocenters. The van der Waals surface area contributed by atoms with Crippen LogP contribution in [0.2, 0.25) is 0 Å². The van der Waals surface area contributed by atoms with Gasteiger partial charge in [-0.3, -0.25) is 14.4 Å². The molecule has 3 rings (SSSR count). The van der Waals surface area contributed by atoms with Crippen LogP contribution in [0.25, 0.3) is 0 Å². The number of hydrogen-bond donors (Lipinski definition) is 2. The summed E-state index contributed by atoms with van der Waals surface area (Å²) in [6, 6.07) is 9.56. The summed E-state index contributed by atoms with van der Waals surface area (Å²) in [5.74, 6) is -0.0294. The van der Waals surface area contributed by atoms with Gasteiger partial charge in [0.1, 0.15) is 5.56 Å². The summed E-state index contributed by atoms with van der Waals surface area (Å²) in [7, 11) is 0. The van der Waals surface area contributed by atoms with Crippen LogP contribution in [0, 0.1) is 0 Å². The van der Waals surface area contributed by atoms with Crippen molar-refractivity contribution in [2.45, 2.75) is 32.5 Å². The van der Waals surface area contributed by atoms with E-state index in [-0.39, 0.29) is 23.6 Å². The maximum atomic E-state index is 13.2. The Morgan fingerprint density at radius 3 is 2.67 bits per heavy atom. The van der Waals surface area contributed by atoms with Gasteiger partial charge in [0, 0.05) is 25.8 Å². The van der Waals surface area contributed by atoms with Gasteiger partial charge in [-0.05, 0) is 36.3 Å². The lowest BCUT2D eigenvalue weighted by Gasteiger charge is -2.30. The molecule has 1 aromatic carbocycles. The first-order valence-electron chi connectivity index (χ1n) is 9.92. The fourth-order valence-electron chi connectivity index (χ4n) is 3.60. The van der Waals surface area contributed by atoms with E-state index in [1.54, 1.807) is 18.0 Å². The van der Waals surface area contributed by atoms with E-state index < -0.39 is 12.0 Å². The number of carbonyl (C=O) groups excluding carboxylic acids is 2. The minimum Gasteiger partial charge on any atom is -0.392 e. The van der Waals surface area contributed by atoms with E-state index in [1.165, 1.54) is 16.3 Å². The van der Waals surface area contributed by atoms with E-state index >= 15 is 0 Å². The van der Waals surface area contributed by atoms with Gasteiger partial charge in [0.05, 0.1) is 18.4 Å². The fourth-order valence-corrected chi connectivity index (χ4v) is 4.03. The highest BCUT2D eigenvalue weighted by molar-refractivity contribution is 7.99. The van der Waals surface area contributed by atoms with Crippen LogP contribution in [0.5, 0.6) is 0 Å². The van der Waals surface area contributed by atoms with Crippen molar-refractivity contribution in [2.24, 2.45) is 0 Å². The van der Waals surface area contributed by atoms with Crippen molar-refractivity contribution >= 4 is 23.6 Å². The molecule has 0 saturated carbocycles. The second-order valence-electron chi connectivity index (χ2n) is 7.48. The summed E-state index contributed by atoms with van der Waals surface area (Å²) < 4.78 is 1.54. The Kier molecular flexibility index (Phi) is 7.33. The molecule has 0 bridgehead atoms. The van der Waals surface area contributed by atoms with Gasteiger partial charge in [-0.2, -0.15) is 11.8 Å². The number of nitrogens with one attached hydrogen (secondary N) is 1. The Hall–Kier alpha value is -2.58. The number of amides is 2. The highest BCUT2D eigenvalue weighted by Crippen LogP contribution is 2.22. The minimum absolute atomic E-state index is 0.0501. The monoisotopic (exact) mass is 429 g/mol. The van der Waals surface area contributed by atoms with E-state index in [0.717, 1.165) is 11.1 Å². The highest BCUT2D eigenvalue weighted by Gasteiger charge is 2.28. The SMILES string of the molecule is CSCC(=O)N1CCc2c(cn(Cc3ccccc3)c(=O)c2C(=O)NCC(C)O)C1. The van der Waals surface area contributed by atoms with Crippen LogP contribution in [0.1, 0.15) is 34.0 Å². The molecule has 1 aliphatic rings. The third-order valence-electron chi connectivity index (χ3n) is 5.07. The summed E-state index contributed by atoms with van der Waals surface area (Å²) in [5, 5.41) is 12.2. The smallest absolute Gasteiger partial charge is 0.264 e. The molecule has 0 saturated heterocycles. The summed E-state index contributed by atoms with van der Waals surface area (Å²) >= 11 is 1.48. The van der Waals surface area contributed by atoms with Crippen LogP contribution in [0.3, 0.4) is 0 Å². The maximum Gasteiger partial charge on any atom is 0.264 e. The van der Waals surface area contributed by atoms with Gasteiger partial charge in [-0.1, -0.05) is 30.3 Å². The molecule has 2 N–H and O–H groups in total. The first-order valence-corrected chi connectivity index (χ1v) is 11.3. The third kappa shape index (κ3) is 5.12. The molecule has 2 amide bonds. The Morgan fingerprint density at radius 2 is 2.00 bits per heavy atom. The van der Waals surface area contributed by atoms with Crippen LogP contribution in [-0.4, -0.2) is 57.6 Å². The highest BCUT2D eigenvalue weighted by atomic mass is 32.2. The number of pyridine rings is 1. The normalized spacial score (nSPS) is 14.2. The predicted molar refractivity (Wildman–Crippen MR) is 118 cm³/mol. The largest absolute Gasteiger partial charge is 0.392 e. The quantitative estimate of drug-likeness (QED) is 0.691. The number of fused-ring (bicyclic) bond motifs is 1. The van der Waals surface area contributed by atoms with Gasteiger partial charge in [-0.15, -0.1) is 0 Å². The van der Waals surface area contributed by atoms with E-state index in [4.69, 9.17) is 0 Å². The number of thioether (sulfide) groups is 1. The van der Waals surface area contributed by atoms with E-state index in [2.05, 4.69) is 5.32 Å².